The molecule has 2 aliphatic rings. The van der Waals surface area contributed by atoms with Gasteiger partial charge in [0, 0.05) is 31.0 Å². The minimum Gasteiger partial charge on any atom is -0.457 e. The van der Waals surface area contributed by atoms with Gasteiger partial charge in [-0.2, -0.15) is 0 Å². The molecule has 9 nitrogen and oxygen atoms in total. The van der Waals surface area contributed by atoms with Crippen LogP contribution in [0.1, 0.15) is 68.1 Å². The maximum absolute atomic E-state index is 12.9. The van der Waals surface area contributed by atoms with Crippen molar-refractivity contribution in [3.63, 3.8) is 0 Å². The van der Waals surface area contributed by atoms with Gasteiger partial charge in [-0.1, -0.05) is 18.9 Å². The lowest BCUT2D eigenvalue weighted by Crippen LogP contribution is -2.46. The van der Waals surface area contributed by atoms with Crippen LogP contribution in [0.15, 0.2) is 36.9 Å². The van der Waals surface area contributed by atoms with Crippen LogP contribution in [0, 0.1) is 10.1 Å². The number of nitrogens with one attached hydrogen (secondary N) is 1. The number of esters is 1. The molecule has 0 unspecified atom stereocenters. The number of benzene rings is 1. The average molecular weight is 458 g/mol. The van der Waals surface area contributed by atoms with Crippen molar-refractivity contribution in [3.05, 3.63) is 52.6 Å². The van der Waals surface area contributed by atoms with E-state index in [1.807, 2.05) is 6.08 Å². The van der Waals surface area contributed by atoms with Crippen LogP contribution in [0.25, 0.3) is 0 Å². The first-order valence-corrected chi connectivity index (χ1v) is 11.5. The second kappa shape index (κ2) is 11.6. The fraction of sp³-hybridized carbons (Fsp3) is 0.542. The lowest BCUT2D eigenvalue weighted by molar-refractivity contribution is -0.384. The Kier molecular flexibility index (Phi) is 8.57. The number of amides is 2. The molecule has 178 valence electrons. The zero-order valence-corrected chi connectivity index (χ0v) is 18.7. The molecule has 2 fully saturated rings. The number of hydrogen-bond acceptors (Lipinski definition) is 6. The van der Waals surface area contributed by atoms with Gasteiger partial charge >= 0.3 is 5.97 Å². The van der Waals surface area contributed by atoms with E-state index in [0.717, 1.165) is 44.9 Å². The zero-order valence-electron chi connectivity index (χ0n) is 18.7. The maximum atomic E-state index is 12.9. The molecule has 2 amide bonds. The van der Waals surface area contributed by atoms with Gasteiger partial charge < -0.3 is 15.0 Å². The molecule has 0 aromatic heterocycles. The number of ether oxygens (including phenoxy) is 1. The molecular weight excluding hydrogens is 426 g/mol. The van der Waals surface area contributed by atoms with Crippen molar-refractivity contribution in [2.75, 3.05) is 6.54 Å². The number of allylic oxidation sites excluding steroid dienone is 1. The van der Waals surface area contributed by atoms with E-state index in [0.29, 0.717) is 6.42 Å². The third kappa shape index (κ3) is 7.13. The first-order chi connectivity index (χ1) is 15.9. The molecule has 1 N–H and O–H groups in total. The van der Waals surface area contributed by atoms with Crippen molar-refractivity contribution >= 4 is 23.5 Å². The SMILES string of the molecule is C=CCCCCCCC(=O)N1C[C@@H](OC(=O)c2ccc([N+](=O)[O-])cc2)C[C@H]1C(=O)NC1CC1. The minimum absolute atomic E-state index is 0.108. The average Bonchev–Trinajstić information content (AvgIpc) is 3.51. The molecule has 0 spiro atoms. The van der Waals surface area contributed by atoms with E-state index in [4.69, 9.17) is 4.74 Å². The van der Waals surface area contributed by atoms with Crippen LogP contribution in [0.5, 0.6) is 0 Å². The summed E-state index contributed by atoms with van der Waals surface area (Å²) in [5.41, 5.74) is 0.0642. The van der Waals surface area contributed by atoms with Gasteiger partial charge in [0.15, 0.2) is 0 Å². The normalized spacial score (nSPS) is 19.7. The van der Waals surface area contributed by atoms with Gasteiger partial charge in [0.2, 0.25) is 11.8 Å². The number of likely N-dealkylation sites (tertiary alicyclic amines) is 1. The number of hydrogen-bond donors (Lipinski definition) is 1. The van der Waals surface area contributed by atoms with Gasteiger partial charge in [0.25, 0.3) is 5.69 Å². The smallest absolute Gasteiger partial charge is 0.338 e. The predicted molar refractivity (Wildman–Crippen MR) is 121 cm³/mol. The van der Waals surface area contributed by atoms with Crippen LogP contribution in [0.3, 0.4) is 0 Å². The van der Waals surface area contributed by atoms with Gasteiger partial charge in [0.05, 0.1) is 17.0 Å². The third-order valence-corrected chi connectivity index (χ3v) is 5.95. The van der Waals surface area contributed by atoms with Gasteiger partial charge in [-0.15, -0.1) is 6.58 Å². The Labute approximate surface area is 193 Å². The lowest BCUT2D eigenvalue weighted by atomic mass is 10.1. The summed E-state index contributed by atoms with van der Waals surface area (Å²) in [7, 11) is 0. The fourth-order valence-corrected chi connectivity index (χ4v) is 3.93. The number of nitrogens with zero attached hydrogens (tertiary/aromatic N) is 2. The Balaban J connectivity index is 1.57. The van der Waals surface area contributed by atoms with Gasteiger partial charge in [-0.25, -0.2) is 4.79 Å². The van der Waals surface area contributed by atoms with E-state index in [1.54, 1.807) is 0 Å². The first kappa shape index (κ1) is 24.4. The van der Waals surface area contributed by atoms with Crippen LogP contribution in [-0.4, -0.2) is 52.3 Å². The van der Waals surface area contributed by atoms with Crippen LogP contribution < -0.4 is 5.32 Å². The number of carbonyl (C=O) groups is 3. The number of carbonyl (C=O) groups excluding carboxylic acids is 3. The number of nitro benzene ring substituents is 1. The Morgan fingerprint density at radius 1 is 1.15 bits per heavy atom. The molecule has 1 saturated carbocycles. The van der Waals surface area contributed by atoms with E-state index in [2.05, 4.69) is 11.9 Å². The van der Waals surface area contributed by atoms with Gasteiger partial charge in [0.1, 0.15) is 12.1 Å². The quantitative estimate of drug-likeness (QED) is 0.169. The summed E-state index contributed by atoms with van der Waals surface area (Å²) < 4.78 is 5.56. The molecule has 1 aromatic rings. The summed E-state index contributed by atoms with van der Waals surface area (Å²) in [4.78, 5) is 49.9. The summed E-state index contributed by atoms with van der Waals surface area (Å²) >= 11 is 0. The zero-order chi connectivity index (χ0) is 23.8. The van der Waals surface area contributed by atoms with Crippen molar-refractivity contribution in [2.24, 2.45) is 0 Å². The highest BCUT2D eigenvalue weighted by molar-refractivity contribution is 5.91. The van der Waals surface area contributed by atoms with Crippen LogP contribution >= 0.6 is 0 Å². The van der Waals surface area contributed by atoms with Crippen molar-refractivity contribution < 1.29 is 24.0 Å². The Bertz CT molecular complexity index is 881. The second-order valence-corrected chi connectivity index (χ2v) is 8.65. The molecule has 0 bridgehead atoms. The van der Waals surface area contributed by atoms with E-state index in [-0.39, 0.29) is 42.1 Å². The molecule has 1 aromatic carbocycles. The molecule has 9 heteroatoms. The Hall–Kier alpha value is -3.23. The van der Waals surface area contributed by atoms with Crippen molar-refractivity contribution in [1.82, 2.24) is 10.2 Å². The Morgan fingerprint density at radius 3 is 2.48 bits per heavy atom. The van der Waals surface area contributed by atoms with Crippen molar-refractivity contribution in [1.29, 1.82) is 0 Å². The number of nitro groups is 1. The topological polar surface area (TPSA) is 119 Å². The first-order valence-electron chi connectivity index (χ1n) is 11.5. The van der Waals surface area contributed by atoms with Gasteiger partial charge in [-0.3, -0.25) is 19.7 Å². The highest BCUT2D eigenvalue weighted by Crippen LogP contribution is 2.26. The van der Waals surface area contributed by atoms with E-state index >= 15 is 0 Å². The molecule has 0 radical (unpaired) electrons. The molecule has 2 atom stereocenters. The highest BCUT2D eigenvalue weighted by atomic mass is 16.6. The molecule has 1 saturated heterocycles. The van der Waals surface area contributed by atoms with Crippen LogP contribution in [0.2, 0.25) is 0 Å². The minimum atomic E-state index is -0.659. The molecular formula is C24H31N3O6. The summed E-state index contributed by atoms with van der Waals surface area (Å²) in [6.07, 6.45) is 8.47. The fourth-order valence-electron chi connectivity index (χ4n) is 3.93. The van der Waals surface area contributed by atoms with Gasteiger partial charge in [-0.05, 0) is 44.2 Å². The highest BCUT2D eigenvalue weighted by Gasteiger charge is 2.42. The standard InChI is InChI=1S/C24H31N3O6/c1-2-3-4-5-6-7-8-22(28)26-16-20(15-21(26)23(29)25-18-11-12-18)33-24(30)17-9-13-19(14-10-17)27(31)32/h2,9-10,13-14,18,20-21H,1,3-8,11-12,15-16H2,(H,25,29)/t20-,21-/m0/s1. The third-order valence-electron chi connectivity index (χ3n) is 5.95. The Morgan fingerprint density at radius 2 is 1.85 bits per heavy atom. The predicted octanol–water partition coefficient (Wildman–Crippen LogP) is 3.53. The van der Waals surface area contributed by atoms with E-state index < -0.39 is 23.0 Å². The second-order valence-electron chi connectivity index (χ2n) is 8.65. The molecule has 33 heavy (non-hydrogen) atoms. The molecule has 3 rings (SSSR count). The number of rotatable bonds is 12. The van der Waals surface area contributed by atoms with Crippen molar-refractivity contribution in [3.8, 4) is 0 Å². The lowest BCUT2D eigenvalue weighted by Gasteiger charge is -2.23. The number of non-ortho nitro benzene ring substituents is 1. The summed E-state index contributed by atoms with van der Waals surface area (Å²) in [5, 5.41) is 13.7. The van der Waals surface area contributed by atoms with Crippen molar-refractivity contribution in [2.45, 2.75) is 76.0 Å². The molecule has 1 heterocycles. The van der Waals surface area contributed by atoms with Crippen LogP contribution in [-0.2, 0) is 14.3 Å². The van der Waals surface area contributed by atoms with Crippen LogP contribution in [0.4, 0.5) is 5.69 Å². The largest absolute Gasteiger partial charge is 0.457 e. The monoisotopic (exact) mass is 457 g/mol. The summed E-state index contributed by atoms with van der Waals surface area (Å²) in [6.45, 7) is 3.87. The van der Waals surface area contributed by atoms with E-state index in [9.17, 15) is 24.5 Å². The summed E-state index contributed by atoms with van der Waals surface area (Å²) in [6, 6.07) is 4.66. The maximum Gasteiger partial charge on any atom is 0.338 e. The summed E-state index contributed by atoms with van der Waals surface area (Å²) in [5.74, 6) is -0.943. The van der Waals surface area contributed by atoms with E-state index in [1.165, 1.54) is 29.2 Å². The number of unbranched alkanes of at least 4 members (excludes halogenated alkanes) is 4. The molecule has 1 aliphatic heterocycles. The molecule has 1 aliphatic carbocycles.